The molecule has 0 radical (unpaired) electrons. The van der Waals surface area contributed by atoms with Gasteiger partial charge in [0.2, 0.25) is 0 Å². The third-order valence-corrected chi connectivity index (χ3v) is 4.47. The fraction of sp³-hybridized carbons (Fsp3) is 0.579. The topological polar surface area (TPSA) is 73.9 Å². The lowest BCUT2D eigenvalue weighted by atomic mass is 10.1. The largest absolute Gasteiger partial charge is 0.497 e. The second kappa shape index (κ2) is 9.30. The molecule has 1 unspecified atom stereocenters. The summed E-state index contributed by atoms with van der Waals surface area (Å²) in [7, 11) is 2.83. The fourth-order valence-corrected chi connectivity index (χ4v) is 2.99. The van der Waals surface area contributed by atoms with Crippen LogP contribution in [0.1, 0.15) is 55.8 Å². The average Bonchev–Trinajstić information content (AvgIpc) is 2.89. The van der Waals surface area contributed by atoms with Crippen LogP contribution >= 0.6 is 0 Å². The molecule has 1 aromatic carbocycles. The number of carbonyl (C=O) groups is 2. The van der Waals surface area contributed by atoms with E-state index in [0.29, 0.717) is 5.75 Å². The Morgan fingerprint density at radius 2 is 1.80 bits per heavy atom. The molecule has 0 spiro atoms. The van der Waals surface area contributed by atoms with Gasteiger partial charge in [-0.2, -0.15) is 0 Å². The number of hydrogen-bond donors (Lipinski definition) is 1. The van der Waals surface area contributed by atoms with E-state index in [1.165, 1.54) is 27.1 Å². The number of hydrogen-bond acceptors (Lipinski definition) is 5. The van der Waals surface area contributed by atoms with Crippen molar-refractivity contribution in [2.75, 3.05) is 14.2 Å². The van der Waals surface area contributed by atoms with E-state index in [0.717, 1.165) is 25.7 Å². The van der Waals surface area contributed by atoms with Crippen molar-refractivity contribution in [3.05, 3.63) is 23.8 Å². The summed E-state index contributed by atoms with van der Waals surface area (Å²) in [5, 5.41) is 3.06. The number of carbonyl (C=O) groups excluding carboxylic acids is 2. The van der Waals surface area contributed by atoms with Gasteiger partial charge in [0.05, 0.1) is 14.2 Å². The van der Waals surface area contributed by atoms with Crippen LogP contribution in [0.15, 0.2) is 18.2 Å². The fourth-order valence-electron chi connectivity index (χ4n) is 2.99. The van der Waals surface area contributed by atoms with Crippen molar-refractivity contribution in [2.24, 2.45) is 0 Å². The van der Waals surface area contributed by atoms with Crippen LogP contribution in [0.25, 0.3) is 0 Å². The second-order valence-corrected chi connectivity index (χ2v) is 6.31. The molecule has 2 rings (SSSR count). The lowest BCUT2D eigenvalue weighted by Gasteiger charge is -2.21. The van der Waals surface area contributed by atoms with Gasteiger partial charge in [0.1, 0.15) is 17.1 Å². The second-order valence-electron chi connectivity index (χ2n) is 6.31. The molecule has 6 nitrogen and oxygen atoms in total. The molecule has 1 aliphatic carbocycles. The summed E-state index contributed by atoms with van der Waals surface area (Å²) in [6.07, 6.45) is 6.02. The van der Waals surface area contributed by atoms with Crippen LogP contribution < -0.4 is 14.8 Å². The Morgan fingerprint density at radius 1 is 1.12 bits per heavy atom. The van der Waals surface area contributed by atoms with Crippen LogP contribution in [0.4, 0.5) is 0 Å². The summed E-state index contributed by atoms with van der Waals surface area (Å²) < 4.78 is 15.7. The zero-order valence-electron chi connectivity index (χ0n) is 15.2. The first kappa shape index (κ1) is 19.1. The van der Waals surface area contributed by atoms with E-state index in [1.54, 1.807) is 25.1 Å². The van der Waals surface area contributed by atoms with Crippen molar-refractivity contribution in [3.63, 3.8) is 0 Å². The molecule has 138 valence electrons. The molecule has 1 aliphatic rings. The van der Waals surface area contributed by atoms with Gasteiger partial charge in [0.25, 0.3) is 5.91 Å². The Morgan fingerprint density at radius 3 is 2.40 bits per heavy atom. The standard InChI is InChI=1S/C19H27NO5/c1-13(18(21)20-14-8-6-4-5-7-9-14)25-17-12-15(23-2)10-11-16(17)19(22)24-3/h10-14H,4-9H2,1-3H3,(H,20,21). The third-order valence-electron chi connectivity index (χ3n) is 4.47. The van der Waals surface area contributed by atoms with Gasteiger partial charge in [0.15, 0.2) is 6.10 Å². The van der Waals surface area contributed by atoms with Gasteiger partial charge in [-0.05, 0) is 31.9 Å². The number of rotatable bonds is 6. The zero-order valence-corrected chi connectivity index (χ0v) is 15.2. The maximum absolute atomic E-state index is 12.4. The molecule has 1 fully saturated rings. The number of esters is 1. The Labute approximate surface area is 148 Å². The SMILES string of the molecule is COC(=O)c1ccc(OC)cc1OC(C)C(=O)NC1CCCCCC1. The van der Waals surface area contributed by atoms with E-state index in [9.17, 15) is 9.59 Å². The average molecular weight is 349 g/mol. The highest BCUT2D eigenvalue weighted by molar-refractivity contribution is 5.93. The molecule has 25 heavy (non-hydrogen) atoms. The van der Waals surface area contributed by atoms with Gasteiger partial charge in [0, 0.05) is 12.1 Å². The molecule has 0 aliphatic heterocycles. The molecule has 0 bridgehead atoms. The third kappa shape index (κ3) is 5.37. The first-order valence-electron chi connectivity index (χ1n) is 8.78. The predicted molar refractivity (Wildman–Crippen MR) is 94.1 cm³/mol. The maximum atomic E-state index is 12.4. The highest BCUT2D eigenvalue weighted by atomic mass is 16.5. The van der Waals surface area contributed by atoms with Crippen molar-refractivity contribution in [1.29, 1.82) is 0 Å². The summed E-state index contributed by atoms with van der Waals surface area (Å²) in [6.45, 7) is 1.67. The van der Waals surface area contributed by atoms with Gasteiger partial charge in [-0.3, -0.25) is 4.79 Å². The summed E-state index contributed by atoms with van der Waals surface area (Å²) in [5.74, 6) is 0.119. The van der Waals surface area contributed by atoms with Gasteiger partial charge in [-0.15, -0.1) is 0 Å². The van der Waals surface area contributed by atoms with E-state index in [1.807, 2.05) is 0 Å². The molecule has 1 aromatic rings. The van der Waals surface area contributed by atoms with Crippen LogP contribution in [0.3, 0.4) is 0 Å². The summed E-state index contributed by atoms with van der Waals surface area (Å²) >= 11 is 0. The molecular formula is C19H27NO5. The van der Waals surface area contributed by atoms with E-state index in [4.69, 9.17) is 14.2 Å². The normalized spacial score (nSPS) is 16.4. The highest BCUT2D eigenvalue weighted by Crippen LogP contribution is 2.26. The Hall–Kier alpha value is -2.24. The monoisotopic (exact) mass is 349 g/mol. The van der Waals surface area contributed by atoms with Gasteiger partial charge >= 0.3 is 5.97 Å². The number of ether oxygens (including phenoxy) is 3. The van der Waals surface area contributed by atoms with Crippen molar-refractivity contribution < 1.29 is 23.8 Å². The van der Waals surface area contributed by atoms with Crippen LogP contribution in [-0.2, 0) is 9.53 Å². The Balaban J connectivity index is 2.06. The quantitative estimate of drug-likeness (QED) is 0.631. The summed E-state index contributed by atoms with van der Waals surface area (Å²) in [4.78, 5) is 24.3. The minimum atomic E-state index is -0.723. The van der Waals surface area contributed by atoms with E-state index < -0.39 is 12.1 Å². The molecule has 0 aromatic heterocycles. The molecule has 6 heteroatoms. The van der Waals surface area contributed by atoms with Crippen LogP contribution in [-0.4, -0.2) is 38.2 Å². The molecule has 1 saturated carbocycles. The number of nitrogens with one attached hydrogen (secondary N) is 1. The first-order valence-corrected chi connectivity index (χ1v) is 8.78. The molecule has 1 N–H and O–H groups in total. The molecule has 1 atom stereocenters. The van der Waals surface area contributed by atoms with Crippen LogP contribution in [0, 0.1) is 0 Å². The first-order chi connectivity index (χ1) is 12.0. The Kier molecular flexibility index (Phi) is 7.10. The lowest BCUT2D eigenvalue weighted by Crippen LogP contribution is -2.42. The summed E-state index contributed by atoms with van der Waals surface area (Å²) in [5.41, 5.74) is 0.261. The van der Waals surface area contributed by atoms with Crippen LogP contribution in [0.2, 0.25) is 0 Å². The van der Waals surface area contributed by atoms with Crippen molar-refractivity contribution >= 4 is 11.9 Å². The molecular weight excluding hydrogens is 322 g/mol. The van der Waals surface area contributed by atoms with Gasteiger partial charge in [-0.1, -0.05) is 25.7 Å². The molecule has 0 saturated heterocycles. The van der Waals surface area contributed by atoms with E-state index in [2.05, 4.69) is 5.32 Å². The smallest absolute Gasteiger partial charge is 0.341 e. The molecule has 1 amide bonds. The van der Waals surface area contributed by atoms with Crippen molar-refractivity contribution in [3.8, 4) is 11.5 Å². The maximum Gasteiger partial charge on any atom is 0.341 e. The van der Waals surface area contributed by atoms with Gasteiger partial charge in [-0.25, -0.2) is 4.79 Å². The highest BCUT2D eigenvalue weighted by Gasteiger charge is 2.23. The van der Waals surface area contributed by atoms with E-state index >= 15 is 0 Å². The number of amides is 1. The van der Waals surface area contributed by atoms with Crippen molar-refractivity contribution in [2.45, 2.75) is 57.6 Å². The zero-order chi connectivity index (χ0) is 18.2. The Bertz CT molecular complexity index is 593. The van der Waals surface area contributed by atoms with Gasteiger partial charge < -0.3 is 19.5 Å². The van der Waals surface area contributed by atoms with E-state index in [-0.39, 0.29) is 23.3 Å². The minimum Gasteiger partial charge on any atom is -0.497 e. The lowest BCUT2D eigenvalue weighted by molar-refractivity contribution is -0.128. The number of benzene rings is 1. The van der Waals surface area contributed by atoms with Crippen molar-refractivity contribution in [1.82, 2.24) is 5.32 Å². The summed E-state index contributed by atoms with van der Waals surface area (Å²) in [6, 6.07) is 5.00. The minimum absolute atomic E-state index is 0.175. The number of methoxy groups -OCH3 is 2. The van der Waals surface area contributed by atoms with Crippen LogP contribution in [0.5, 0.6) is 11.5 Å². The predicted octanol–water partition coefficient (Wildman–Crippen LogP) is 3.09. The molecule has 0 heterocycles.